The molecular weight excluding hydrogens is 313 g/mol. The van der Waals surface area contributed by atoms with Gasteiger partial charge >= 0.3 is 14.1 Å². The summed E-state index contributed by atoms with van der Waals surface area (Å²) < 4.78 is 22.4. The standard InChI is InChI=1S/C17H20NO4P/c1-13-8-10-16(11-9-13)22-23(20)18-14(2)17(19)21-12-15-6-4-3-5-7-15/h3-11,14,23H,12H2,1-2H3,(H,18,20)/t14-/m0/s1. The van der Waals surface area contributed by atoms with Gasteiger partial charge in [-0.15, -0.1) is 0 Å². The van der Waals surface area contributed by atoms with Crippen LogP contribution in [0.4, 0.5) is 0 Å². The largest absolute Gasteiger partial charge is 0.460 e. The minimum atomic E-state index is -2.58. The van der Waals surface area contributed by atoms with Crippen molar-refractivity contribution in [3.05, 3.63) is 65.7 Å². The molecule has 1 N–H and O–H groups in total. The zero-order valence-corrected chi connectivity index (χ0v) is 14.1. The topological polar surface area (TPSA) is 64.6 Å². The van der Waals surface area contributed by atoms with Gasteiger partial charge in [-0.25, -0.2) is 5.09 Å². The molecule has 0 aliphatic carbocycles. The summed E-state index contributed by atoms with van der Waals surface area (Å²) in [5, 5.41) is 2.63. The number of carbonyl (C=O) groups excluding carboxylic acids is 1. The molecule has 2 rings (SSSR count). The van der Waals surface area contributed by atoms with E-state index in [9.17, 15) is 9.36 Å². The quantitative estimate of drug-likeness (QED) is 0.621. The normalized spacial score (nSPS) is 13.1. The van der Waals surface area contributed by atoms with Crippen molar-refractivity contribution in [3.8, 4) is 5.75 Å². The predicted molar refractivity (Wildman–Crippen MR) is 89.6 cm³/mol. The highest BCUT2D eigenvalue weighted by molar-refractivity contribution is 7.37. The summed E-state index contributed by atoms with van der Waals surface area (Å²) in [5.41, 5.74) is 1.99. The van der Waals surface area contributed by atoms with E-state index in [4.69, 9.17) is 9.26 Å². The number of rotatable bonds is 7. The van der Waals surface area contributed by atoms with Crippen molar-refractivity contribution >= 4 is 14.1 Å². The summed E-state index contributed by atoms with van der Waals surface area (Å²) in [4.78, 5) is 11.9. The van der Waals surface area contributed by atoms with Crippen molar-refractivity contribution in [2.75, 3.05) is 0 Å². The molecule has 122 valence electrons. The van der Waals surface area contributed by atoms with Gasteiger partial charge in [-0.1, -0.05) is 48.0 Å². The monoisotopic (exact) mass is 333 g/mol. The van der Waals surface area contributed by atoms with E-state index in [0.717, 1.165) is 11.1 Å². The van der Waals surface area contributed by atoms with Crippen LogP contribution < -0.4 is 9.61 Å². The van der Waals surface area contributed by atoms with Gasteiger partial charge in [-0.3, -0.25) is 9.36 Å². The summed E-state index contributed by atoms with van der Waals surface area (Å²) in [5.74, 6) is 0.0246. The summed E-state index contributed by atoms with van der Waals surface area (Å²) in [6.07, 6.45) is 0. The molecule has 0 heterocycles. The lowest BCUT2D eigenvalue weighted by Gasteiger charge is -2.14. The van der Waals surface area contributed by atoms with Crippen molar-refractivity contribution in [3.63, 3.8) is 0 Å². The maximum absolute atomic E-state index is 11.9. The second-order valence-corrected chi connectivity index (χ2v) is 6.23. The number of esters is 1. The fraction of sp³-hybridized carbons (Fsp3) is 0.235. The molecule has 0 saturated carbocycles. The molecular formula is C17H20NO4P. The Hall–Kier alpha value is -2.10. The highest BCUT2D eigenvalue weighted by Gasteiger charge is 2.17. The van der Waals surface area contributed by atoms with Gasteiger partial charge in [0.15, 0.2) is 0 Å². The first-order chi connectivity index (χ1) is 11.0. The summed E-state index contributed by atoms with van der Waals surface area (Å²) >= 11 is 0. The Morgan fingerprint density at radius 3 is 2.43 bits per heavy atom. The number of ether oxygens (including phenoxy) is 1. The molecule has 0 saturated heterocycles. The van der Waals surface area contributed by atoms with E-state index in [-0.39, 0.29) is 6.61 Å². The van der Waals surface area contributed by atoms with Crippen LogP contribution in [0.2, 0.25) is 0 Å². The van der Waals surface area contributed by atoms with Crippen molar-refractivity contribution in [1.29, 1.82) is 0 Å². The van der Waals surface area contributed by atoms with Gasteiger partial charge in [0.25, 0.3) is 0 Å². The van der Waals surface area contributed by atoms with Gasteiger partial charge in [-0.2, -0.15) is 0 Å². The van der Waals surface area contributed by atoms with Gasteiger partial charge < -0.3 is 9.26 Å². The molecule has 0 bridgehead atoms. The molecule has 0 fully saturated rings. The molecule has 2 aromatic rings. The van der Waals surface area contributed by atoms with Crippen LogP contribution in [-0.2, 0) is 20.7 Å². The fourth-order valence-corrected chi connectivity index (χ4v) is 2.71. The van der Waals surface area contributed by atoms with E-state index < -0.39 is 20.2 Å². The van der Waals surface area contributed by atoms with Gasteiger partial charge in [0.1, 0.15) is 18.4 Å². The number of carbonyl (C=O) groups is 1. The lowest BCUT2D eigenvalue weighted by Crippen LogP contribution is -2.31. The molecule has 5 nitrogen and oxygen atoms in total. The molecule has 2 atom stereocenters. The van der Waals surface area contributed by atoms with E-state index in [1.807, 2.05) is 49.4 Å². The predicted octanol–water partition coefficient (Wildman–Crippen LogP) is 3.49. The highest BCUT2D eigenvalue weighted by atomic mass is 31.1. The SMILES string of the molecule is Cc1ccc(O[PH](=O)N[C@@H](C)C(=O)OCc2ccccc2)cc1. The van der Waals surface area contributed by atoms with Crippen LogP contribution in [0.3, 0.4) is 0 Å². The molecule has 0 aromatic heterocycles. The van der Waals surface area contributed by atoms with E-state index in [1.165, 1.54) is 0 Å². The summed E-state index contributed by atoms with van der Waals surface area (Å²) in [6, 6.07) is 15.9. The lowest BCUT2D eigenvalue weighted by atomic mass is 10.2. The fourth-order valence-electron chi connectivity index (χ4n) is 1.83. The van der Waals surface area contributed by atoms with E-state index >= 15 is 0 Å². The second kappa shape index (κ2) is 8.51. The second-order valence-electron chi connectivity index (χ2n) is 5.16. The molecule has 2 aromatic carbocycles. The van der Waals surface area contributed by atoms with Crippen LogP contribution in [0, 0.1) is 6.92 Å². The van der Waals surface area contributed by atoms with Crippen LogP contribution in [-0.4, -0.2) is 12.0 Å². The van der Waals surface area contributed by atoms with Crippen LogP contribution >= 0.6 is 8.18 Å². The summed E-state index contributed by atoms with van der Waals surface area (Å²) in [6.45, 7) is 3.73. The zero-order chi connectivity index (χ0) is 16.7. The Morgan fingerprint density at radius 1 is 1.13 bits per heavy atom. The molecule has 23 heavy (non-hydrogen) atoms. The van der Waals surface area contributed by atoms with E-state index in [1.54, 1.807) is 19.1 Å². The molecule has 0 spiro atoms. The van der Waals surface area contributed by atoms with Gasteiger partial charge in [0.2, 0.25) is 0 Å². The van der Waals surface area contributed by atoms with Crippen LogP contribution in [0.25, 0.3) is 0 Å². The molecule has 0 aliphatic heterocycles. The van der Waals surface area contributed by atoms with Crippen molar-refractivity contribution in [2.45, 2.75) is 26.5 Å². The Kier molecular flexibility index (Phi) is 6.39. The van der Waals surface area contributed by atoms with Crippen molar-refractivity contribution in [2.24, 2.45) is 0 Å². The average Bonchev–Trinajstić information content (AvgIpc) is 2.55. The molecule has 1 unspecified atom stereocenters. The average molecular weight is 333 g/mol. The zero-order valence-electron chi connectivity index (χ0n) is 13.1. The van der Waals surface area contributed by atoms with Gasteiger partial charge in [-0.05, 0) is 31.5 Å². The molecule has 6 heteroatoms. The van der Waals surface area contributed by atoms with E-state index in [0.29, 0.717) is 5.75 Å². The lowest BCUT2D eigenvalue weighted by molar-refractivity contribution is -0.146. The third-order valence-electron chi connectivity index (χ3n) is 3.14. The minimum absolute atomic E-state index is 0.186. The van der Waals surface area contributed by atoms with E-state index in [2.05, 4.69) is 5.09 Å². The Balaban J connectivity index is 1.78. The number of hydrogen-bond acceptors (Lipinski definition) is 4. The Labute approximate surface area is 136 Å². The third kappa shape index (κ3) is 5.89. The first-order valence-corrected chi connectivity index (χ1v) is 8.62. The number of benzene rings is 2. The first-order valence-electron chi connectivity index (χ1n) is 7.30. The molecule has 0 aliphatic rings. The molecule has 0 amide bonds. The minimum Gasteiger partial charge on any atom is -0.460 e. The van der Waals surface area contributed by atoms with Crippen molar-refractivity contribution in [1.82, 2.24) is 5.09 Å². The summed E-state index contributed by atoms with van der Waals surface area (Å²) in [7, 11) is -2.58. The van der Waals surface area contributed by atoms with Gasteiger partial charge in [0.05, 0.1) is 0 Å². The van der Waals surface area contributed by atoms with Crippen LogP contribution in [0.1, 0.15) is 18.1 Å². The van der Waals surface area contributed by atoms with Crippen molar-refractivity contribution < 1.29 is 18.6 Å². The van der Waals surface area contributed by atoms with Crippen LogP contribution in [0.15, 0.2) is 54.6 Å². The number of hydrogen-bond donors (Lipinski definition) is 1. The first kappa shape index (κ1) is 17.3. The number of aryl methyl sites for hydroxylation is 1. The van der Waals surface area contributed by atoms with Crippen LogP contribution in [0.5, 0.6) is 5.75 Å². The highest BCUT2D eigenvalue weighted by Crippen LogP contribution is 2.24. The Morgan fingerprint density at radius 2 is 1.78 bits per heavy atom. The van der Waals surface area contributed by atoms with Gasteiger partial charge in [0, 0.05) is 0 Å². The maximum Gasteiger partial charge on any atom is 0.323 e. The maximum atomic E-state index is 11.9. The molecule has 0 radical (unpaired) electrons. The number of nitrogens with one attached hydrogen (secondary N) is 1. The third-order valence-corrected chi connectivity index (χ3v) is 4.23. The smallest absolute Gasteiger partial charge is 0.323 e. The Bertz CT molecular complexity index is 658.